The van der Waals surface area contributed by atoms with Crippen LogP contribution in [0.1, 0.15) is 27.4 Å². The lowest BCUT2D eigenvalue weighted by molar-refractivity contribution is -0.139. The van der Waals surface area contributed by atoms with Crippen LogP contribution in [0.25, 0.3) is 0 Å². The number of anilines is 2. The molecule has 0 saturated heterocycles. The third kappa shape index (κ3) is 6.69. The van der Waals surface area contributed by atoms with Crippen molar-refractivity contribution in [2.24, 2.45) is 5.73 Å². The lowest BCUT2D eigenvalue weighted by Crippen LogP contribution is -2.23. The molecule has 0 unspecified atom stereocenters. The molecule has 0 fully saturated rings. The van der Waals surface area contributed by atoms with Crippen molar-refractivity contribution in [1.29, 1.82) is 0 Å². The molecule has 14 heteroatoms. The van der Waals surface area contributed by atoms with Crippen LogP contribution >= 0.6 is 0 Å². The smallest absolute Gasteiger partial charge is 0.416 e. The van der Waals surface area contributed by atoms with E-state index in [0.717, 1.165) is 0 Å². The van der Waals surface area contributed by atoms with Crippen LogP contribution in [-0.2, 0) is 17.4 Å². The highest BCUT2D eigenvalue weighted by atomic mass is 19.4. The Morgan fingerprint density at radius 1 is 1.09 bits per heavy atom. The summed E-state index contributed by atoms with van der Waals surface area (Å²) in [5.74, 6) is -3.04. The summed E-state index contributed by atoms with van der Waals surface area (Å²) in [5, 5.41) is 12.7. The van der Waals surface area contributed by atoms with Crippen molar-refractivity contribution >= 4 is 29.4 Å². The number of hydrogen-bond donors (Lipinski definition) is 5. The van der Waals surface area contributed by atoms with Gasteiger partial charge in [-0.15, -0.1) is 0 Å². The van der Waals surface area contributed by atoms with Gasteiger partial charge in [0.25, 0.3) is 5.91 Å². The van der Waals surface area contributed by atoms with E-state index in [4.69, 9.17) is 15.6 Å². The van der Waals surface area contributed by atoms with Crippen LogP contribution in [0.5, 0.6) is 5.75 Å². The average Bonchev–Trinajstić information content (AvgIpc) is 3.16. The topological polar surface area (TPSA) is 159 Å². The minimum Gasteiger partial charge on any atom is -0.482 e. The molecular formula is C21H17F4N5O5. The van der Waals surface area contributed by atoms with Crippen molar-refractivity contribution in [1.82, 2.24) is 9.97 Å². The Morgan fingerprint density at radius 3 is 2.37 bits per heavy atom. The number of nitrogens with two attached hydrogens (primary N) is 1. The second-order valence-electron chi connectivity index (χ2n) is 7.05. The molecule has 1 aromatic heterocycles. The number of halogens is 4. The number of carbonyl (C=O) groups is 3. The number of primary amides is 1. The van der Waals surface area contributed by atoms with Crippen LogP contribution in [0.3, 0.4) is 0 Å². The molecule has 2 aromatic carbocycles. The summed E-state index contributed by atoms with van der Waals surface area (Å²) in [6, 6.07) is 6.60. The molecule has 184 valence electrons. The van der Waals surface area contributed by atoms with Crippen molar-refractivity contribution in [3.63, 3.8) is 0 Å². The SMILES string of the molecule is NC(=O)c1[nH]c(Cc2ccc(OCC(=O)O)cc2)nc1NC(=O)Nc1cc(C(F)(F)F)ccc1F. The second kappa shape index (κ2) is 10.1. The summed E-state index contributed by atoms with van der Waals surface area (Å²) in [6.45, 7) is -0.513. The molecule has 0 radical (unpaired) electrons. The summed E-state index contributed by atoms with van der Waals surface area (Å²) >= 11 is 0. The number of nitrogens with zero attached hydrogens (tertiary/aromatic N) is 1. The number of aliphatic carboxylic acids is 1. The van der Waals surface area contributed by atoms with Crippen LogP contribution in [-0.4, -0.2) is 39.6 Å². The molecule has 0 aliphatic rings. The number of hydrogen-bond acceptors (Lipinski definition) is 5. The van der Waals surface area contributed by atoms with Gasteiger partial charge >= 0.3 is 18.2 Å². The Kier molecular flexibility index (Phi) is 7.22. The van der Waals surface area contributed by atoms with E-state index in [2.05, 4.69) is 15.3 Å². The number of H-pyrrole nitrogens is 1. The summed E-state index contributed by atoms with van der Waals surface area (Å²) < 4.78 is 57.5. The first kappa shape index (κ1) is 25.0. The number of nitrogens with one attached hydrogen (secondary N) is 3. The fourth-order valence-corrected chi connectivity index (χ4v) is 2.88. The molecule has 0 aliphatic heterocycles. The van der Waals surface area contributed by atoms with Gasteiger partial charge in [0.15, 0.2) is 12.4 Å². The number of rotatable bonds is 8. The van der Waals surface area contributed by atoms with Crippen LogP contribution in [0.4, 0.5) is 33.9 Å². The van der Waals surface area contributed by atoms with Gasteiger partial charge in [0.2, 0.25) is 0 Å². The van der Waals surface area contributed by atoms with Gasteiger partial charge in [-0.05, 0) is 35.9 Å². The van der Waals surface area contributed by atoms with Gasteiger partial charge in [-0.25, -0.2) is 19.0 Å². The number of carbonyl (C=O) groups excluding carboxylic acids is 2. The zero-order valence-electron chi connectivity index (χ0n) is 17.6. The third-order valence-electron chi connectivity index (χ3n) is 4.43. The lowest BCUT2D eigenvalue weighted by atomic mass is 10.1. The molecule has 0 aliphatic carbocycles. The van der Waals surface area contributed by atoms with Gasteiger partial charge in [0, 0.05) is 6.42 Å². The number of aromatic amines is 1. The lowest BCUT2D eigenvalue weighted by Gasteiger charge is -2.11. The van der Waals surface area contributed by atoms with Gasteiger partial charge < -0.3 is 25.9 Å². The van der Waals surface area contributed by atoms with E-state index in [-0.39, 0.29) is 23.8 Å². The monoisotopic (exact) mass is 495 g/mol. The number of urea groups is 1. The molecule has 3 aromatic rings. The van der Waals surface area contributed by atoms with E-state index in [1.807, 2.05) is 5.32 Å². The maximum Gasteiger partial charge on any atom is 0.416 e. The van der Waals surface area contributed by atoms with Crippen molar-refractivity contribution < 1.29 is 41.8 Å². The van der Waals surface area contributed by atoms with Gasteiger partial charge in [-0.2, -0.15) is 13.2 Å². The normalized spacial score (nSPS) is 11.1. The standard InChI is InChI=1S/C21H17F4N5O5/c22-13-6-3-11(21(23,24)25)8-14(13)27-20(34)30-19-17(18(26)33)28-15(29-19)7-10-1-4-12(5-2-10)35-9-16(31)32/h1-6,8H,7,9H2,(H2,26,33)(H,28,29)(H,31,32)(H2,27,30,34). The maximum atomic E-state index is 13.9. The van der Waals surface area contributed by atoms with Crippen LogP contribution < -0.4 is 21.1 Å². The number of carboxylic acids is 1. The Hall–Kier alpha value is -4.62. The van der Waals surface area contributed by atoms with Gasteiger partial charge in [0.05, 0.1) is 11.3 Å². The van der Waals surface area contributed by atoms with Crippen molar-refractivity contribution in [3.8, 4) is 5.75 Å². The number of carboxylic acid groups (broad SMARTS) is 1. The summed E-state index contributed by atoms with van der Waals surface area (Å²) in [5.41, 5.74) is 3.75. The Labute approximate surface area is 194 Å². The van der Waals surface area contributed by atoms with E-state index < -0.39 is 47.8 Å². The minimum absolute atomic E-state index is 0.130. The Morgan fingerprint density at radius 2 is 1.77 bits per heavy atom. The predicted octanol–water partition coefficient (Wildman–Crippen LogP) is 3.36. The zero-order valence-corrected chi connectivity index (χ0v) is 17.6. The number of benzene rings is 2. The predicted molar refractivity (Wildman–Crippen MR) is 114 cm³/mol. The molecule has 3 rings (SSSR count). The van der Waals surface area contributed by atoms with Crippen molar-refractivity contribution in [2.45, 2.75) is 12.6 Å². The van der Waals surface area contributed by atoms with E-state index >= 15 is 0 Å². The van der Waals surface area contributed by atoms with Crippen LogP contribution in [0.15, 0.2) is 42.5 Å². The maximum absolute atomic E-state index is 13.9. The Bertz CT molecular complexity index is 1260. The highest BCUT2D eigenvalue weighted by Crippen LogP contribution is 2.32. The van der Waals surface area contributed by atoms with E-state index in [1.54, 1.807) is 12.1 Å². The van der Waals surface area contributed by atoms with Crippen molar-refractivity contribution in [2.75, 3.05) is 17.2 Å². The van der Waals surface area contributed by atoms with Gasteiger partial charge in [0.1, 0.15) is 23.1 Å². The summed E-state index contributed by atoms with van der Waals surface area (Å²) in [7, 11) is 0. The third-order valence-corrected chi connectivity index (χ3v) is 4.43. The number of ether oxygens (including phenoxy) is 1. The zero-order chi connectivity index (χ0) is 25.8. The molecule has 0 bridgehead atoms. The van der Waals surface area contributed by atoms with Gasteiger partial charge in [-0.3, -0.25) is 10.1 Å². The number of alkyl halides is 3. The number of imidazole rings is 1. The largest absolute Gasteiger partial charge is 0.482 e. The quantitative estimate of drug-likeness (QED) is 0.301. The molecule has 3 amide bonds. The van der Waals surface area contributed by atoms with E-state index in [1.165, 1.54) is 12.1 Å². The first-order chi connectivity index (χ1) is 16.4. The first-order valence-electron chi connectivity index (χ1n) is 9.69. The molecule has 0 atom stereocenters. The highest BCUT2D eigenvalue weighted by Gasteiger charge is 2.31. The first-order valence-corrected chi connectivity index (χ1v) is 9.69. The number of amides is 3. The molecule has 35 heavy (non-hydrogen) atoms. The van der Waals surface area contributed by atoms with Crippen molar-refractivity contribution in [3.05, 3.63) is 70.9 Å². The molecule has 0 saturated carbocycles. The number of aromatic nitrogens is 2. The molecule has 10 nitrogen and oxygen atoms in total. The molecule has 1 heterocycles. The minimum atomic E-state index is -4.75. The fraction of sp³-hybridized carbons (Fsp3) is 0.143. The second-order valence-corrected chi connectivity index (χ2v) is 7.05. The molecular weight excluding hydrogens is 478 g/mol. The van der Waals surface area contributed by atoms with Crippen LogP contribution in [0, 0.1) is 5.82 Å². The summed E-state index contributed by atoms with van der Waals surface area (Å²) in [4.78, 5) is 41.2. The summed E-state index contributed by atoms with van der Waals surface area (Å²) in [6.07, 6.45) is -4.62. The van der Waals surface area contributed by atoms with Crippen LogP contribution in [0.2, 0.25) is 0 Å². The fourth-order valence-electron chi connectivity index (χ4n) is 2.88. The van der Waals surface area contributed by atoms with E-state index in [0.29, 0.717) is 29.5 Å². The molecule has 6 N–H and O–H groups in total. The molecule has 0 spiro atoms. The average molecular weight is 495 g/mol. The Balaban J connectivity index is 1.73. The highest BCUT2D eigenvalue weighted by molar-refractivity contribution is 6.04. The van der Waals surface area contributed by atoms with Gasteiger partial charge in [-0.1, -0.05) is 12.1 Å². The van der Waals surface area contributed by atoms with E-state index in [9.17, 15) is 31.9 Å².